The molecule has 106 valence electrons. The molecule has 0 aromatic heterocycles. The number of hydrogen-bond acceptors (Lipinski definition) is 2. The predicted molar refractivity (Wildman–Crippen MR) is 82.7 cm³/mol. The number of rotatable bonds is 5. The second kappa shape index (κ2) is 6.73. The van der Waals surface area contributed by atoms with Crippen LogP contribution in [0.2, 0.25) is 5.02 Å². The maximum absolute atomic E-state index is 13.0. The van der Waals surface area contributed by atoms with Gasteiger partial charge in [-0.05, 0) is 48.9 Å². The van der Waals surface area contributed by atoms with Crippen LogP contribution in [-0.4, -0.2) is 13.1 Å². The number of hydrogen-bond donors (Lipinski definition) is 1. The highest BCUT2D eigenvalue weighted by atomic mass is 35.5. The smallest absolute Gasteiger partial charge is 0.123 e. The van der Waals surface area contributed by atoms with Gasteiger partial charge >= 0.3 is 0 Å². The molecule has 2 N–H and O–H groups in total. The molecule has 1 atom stereocenters. The summed E-state index contributed by atoms with van der Waals surface area (Å²) in [6.07, 6.45) is 0. The van der Waals surface area contributed by atoms with Crippen LogP contribution >= 0.6 is 11.6 Å². The normalized spacial score (nSPS) is 12.2. The van der Waals surface area contributed by atoms with Crippen LogP contribution in [0.3, 0.4) is 0 Å². The minimum absolute atomic E-state index is 0.0442. The molecule has 0 bridgehead atoms. The van der Waals surface area contributed by atoms with Crippen LogP contribution in [0.1, 0.15) is 18.5 Å². The molecular weight excluding hydrogens is 275 g/mol. The molecule has 0 fully saturated rings. The van der Waals surface area contributed by atoms with Gasteiger partial charge in [-0.25, -0.2) is 4.39 Å². The van der Waals surface area contributed by atoms with Gasteiger partial charge in [0.25, 0.3) is 0 Å². The summed E-state index contributed by atoms with van der Waals surface area (Å²) in [5.74, 6) is -0.236. The highest BCUT2D eigenvalue weighted by Crippen LogP contribution is 2.27. The predicted octanol–water partition coefficient (Wildman–Crippen LogP) is 4.01. The van der Waals surface area contributed by atoms with Gasteiger partial charge < -0.3 is 10.6 Å². The van der Waals surface area contributed by atoms with Gasteiger partial charge in [0.15, 0.2) is 0 Å². The van der Waals surface area contributed by atoms with Gasteiger partial charge in [-0.15, -0.1) is 0 Å². The number of halogens is 2. The topological polar surface area (TPSA) is 29.3 Å². The highest BCUT2D eigenvalue weighted by Gasteiger charge is 2.18. The van der Waals surface area contributed by atoms with E-state index in [0.717, 1.165) is 17.8 Å². The Hall–Kier alpha value is -1.58. The molecule has 0 spiro atoms. The first-order valence-electron chi connectivity index (χ1n) is 6.63. The molecule has 0 saturated heterocycles. The molecule has 20 heavy (non-hydrogen) atoms. The van der Waals surface area contributed by atoms with Gasteiger partial charge in [-0.2, -0.15) is 0 Å². The third kappa shape index (κ3) is 3.30. The SMILES string of the molecule is CCN(c1ccc(F)cc1)C(CN)c1ccc(Cl)cc1. The average molecular weight is 293 g/mol. The zero-order valence-electron chi connectivity index (χ0n) is 11.4. The van der Waals surface area contributed by atoms with E-state index >= 15 is 0 Å². The van der Waals surface area contributed by atoms with Crippen LogP contribution in [0.4, 0.5) is 10.1 Å². The quantitative estimate of drug-likeness (QED) is 0.902. The van der Waals surface area contributed by atoms with Crippen LogP contribution < -0.4 is 10.6 Å². The Morgan fingerprint density at radius 1 is 1.10 bits per heavy atom. The lowest BCUT2D eigenvalue weighted by Gasteiger charge is -2.32. The van der Waals surface area contributed by atoms with Crippen molar-refractivity contribution < 1.29 is 4.39 Å². The molecule has 2 nitrogen and oxygen atoms in total. The van der Waals surface area contributed by atoms with Gasteiger partial charge in [0.2, 0.25) is 0 Å². The third-order valence-corrected chi connectivity index (χ3v) is 3.61. The number of benzene rings is 2. The molecule has 1 unspecified atom stereocenters. The van der Waals surface area contributed by atoms with E-state index in [1.165, 1.54) is 12.1 Å². The fraction of sp³-hybridized carbons (Fsp3) is 0.250. The van der Waals surface area contributed by atoms with Gasteiger partial charge in [-0.3, -0.25) is 0 Å². The molecular formula is C16H18ClFN2. The molecule has 0 aliphatic heterocycles. The lowest BCUT2D eigenvalue weighted by Crippen LogP contribution is -2.33. The number of nitrogens with zero attached hydrogens (tertiary/aromatic N) is 1. The highest BCUT2D eigenvalue weighted by molar-refractivity contribution is 6.30. The van der Waals surface area contributed by atoms with E-state index in [-0.39, 0.29) is 11.9 Å². The number of nitrogens with two attached hydrogens (primary N) is 1. The monoisotopic (exact) mass is 292 g/mol. The van der Waals surface area contributed by atoms with Crippen molar-refractivity contribution >= 4 is 17.3 Å². The first kappa shape index (κ1) is 14.8. The van der Waals surface area contributed by atoms with E-state index in [9.17, 15) is 4.39 Å². The van der Waals surface area contributed by atoms with E-state index in [1.54, 1.807) is 12.1 Å². The van der Waals surface area contributed by atoms with Crippen LogP contribution in [0.15, 0.2) is 48.5 Å². The van der Waals surface area contributed by atoms with Crippen molar-refractivity contribution in [2.24, 2.45) is 5.73 Å². The van der Waals surface area contributed by atoms with E-state index in [0.29, 0.717) is 11.6 Å². The maximum atomic E-state index is 13.0. The molecule has 0 heterocycles. The second-order valence-corrected chi connectivity index (χ2v) is 5.00. The summed E-state index contributed by atoms with van der Waals surface area (Å²) in [5.41, 5.74) is 8.00. The zero-order valence-corrected chi connectivity index (χ0v) is 12.1. The summed E-state index contributed by atoms with van der Waals surface area (Å²) in [4.78, 5) is 2.16. The second-order valence-electron chi connectivity index (χ2n) is 4.57. The molecule has 0 amide bonds. The molecule has 0 saturated carbocycles. The first-order chi connectivity index (χ1) is 9.65. The van der Waals surface area contributed by atoms with Crippen molar-refractivity contribution in [3.05, 3.63) is 64.9 Å². The lowest BCUT2D eigenvalue weighted by molar-refractivity contribution is 0.622. The number of anilines is 1. The minimum atomic E-state index is -0.236. The Balaban J connectivity index is 2.32. The van der Waals surface area contributed by atoms with Crippen molar-refractivity contribution in [3.8, 4) is 0 Å². The number of likely N-dealkylation sites (N-methyl/N-ethyl adjacent to an activating group) is 1. The fourth-order valence-corrected chi connectivity index (χ4v) is 2.47. The molecule has 4 heteroatoms. The van der Waals surface area contributed by atoms with Crippen molar-refractivity contribution in [2.75, 3.05) is 18.0 Å². The van der Waals surface area contributed by atoms with Crippen molar-refractivity contribution in [1.82, 2.24) is 0 Å². The molecule has 2 rings (SSSR count). The van der Waals surface area contributed by atoms with Gasteiger partial charge in [0.05, 0.1) is 6.04 Å². The molecule has 2 aromatic carbocycles. The first-order valence-corrected chi connectivity index (χ1v) is 7.01. The average Bonchev–Trinajstić information content (AvgIpc) is 2.47. The molecule has 0 aliphatic carbocycles. The summed E-state index contributed by atoms with van der Waals surface area (Å²) in [5, 5.41) is 0.703. The van der Waals surface area contributed by atoms with Crippen molar-refractivity contribution in [3.63, 3.8) is 0 Å². The van der Waals surface area contributed by atoms with E-state index in [2.05, 4.69) is 11.8 Å². The zero-order chi connectivity index (χ0) is 14.5. The third-order valence-electron chi connectivity index (χ3n) is 3.35. The van der Waals surface area contributed by atoms with Crippen LogP contribution in [0.5, 0.6) is 0 Å². The largest absolute Gasteiger partial charge is 0.363 e. The van der Waals surface area contributed by atoms with Gasteiger partial charge in [0, 0.05) is 23.8 Å². The Kier molecular flexibility index (Phi) is 4.99. The Labute approximate surface area is 124 Å². The lowest BCUT2D eigenvalue weighted by atomic mass is 10.0. The summed E-state index contributed by atoms with van der Waals surface area (Å²) >= 11 is 5.92. The van der Waals surface area contributed by atoms with Crippen LogP contribution in [-0.2, 0) is 0 Å². The molecule has 0 aliphatic rings. The molecule has 2 aromatic rings. The summed E-state index contributed by atoms with van der Waals surface area (Å²) in [6.45, 7) is 3.32. The Bertz CT molecular complexity index is 488. The minimum Gasteiger partial charge on any atom is -0.363 e. The van der Waals surface area contributed by atoms with Crippen molar-refractivity contribution in [2.45, 2.75) is 13.0 Å². The van der Waals surface area contributed by atoms with E-state index < -0.39 is 0 Å². The summed E-state index contributed by atoms with van der Waals surface area (Å²) in [6, 6.07) is 14.2. The fourth-order valence-electron chi connectivity index (χ4n) is 2.34. The van der Waals surface area contributed by atoms with Crippen LogP contribution in [0.25, 0.3) is 0 Å². The van der Waals surface area contributed by atoms with Gasteiger partial charge in [-0.1, -0.05) is 23.7 Å². The van der Waals surface area contributed by atoms with E-state index in [4.69, 9.17) is 17.3 Å². The maximum Gasteiger partial charge on any atom is 0.123 e. The standard InChI is InChI=1S/C16H18ClFN2/c1-2-20(15-9-7-14(18)8-10-15)16(11-19)12-3-5-13(17)6-4-12/h3-10,16H,2,11,19H2,1H3. The summed E-state index contributed by atoms with van der Waals surface area (Å²) < 4.78 is 13.0. The summed E-state index contributed by atoms with van der Waals surface area (Å²) in [7, 11) is 0. The van der Waals surface area contributed by atoms with Crippen molar-refractivity contribution in [1.29, 1.82) is 0 Å². The van der Waals surface area contributed by atoms with Gasteiger partial charge in [0.1, 0.15) is 5.82 Å². The Morgan fingerprint density at radius 3 is 2.20 bits per heavy atom. The molecule has 0 radical (unpaired) electrons. The van der Waals surface area contributed by atoms with Crippen LogP contribution in [0, 0.1) is 5.82 Å². The Morgan fingerprint density at radius 2 is 1.70 bits per heavy atom. The van der Waals surface area contributed by atoms with E-state index in [1.807, 2.05) is 24.3 Å².